The Labute approximate surface area is 119 Å². The van der Waals surface area contributed by atoms with Gasteiger partial charge in [0.25, 0.3) is 0 Å². The Morgan fingerprint density at radius 2 is 2.10 bits per heavy atom. The molecule has 4 nitrogen and oxygen atoms in total. The van der Waals surface area contributed by atoms with Crippen LogP contribution < -0.4 is 5.32 Å². The van der Waals surface area contributed by atoms with Crippen LogP contribution in [-0.2, 0) is 22.5 Å². The molecule has 0 atom stereocenters. The number of thiophene rings is 1. The summed E-state index contributed by atoms with van der Waals surface area (Å²) in [6.07, 6.45) is 0.259. The van der Waals surface area contributed by atoms with Crippen LogP contribution in [-0.4, -0.2) is 18.2 Å². The number of phenolic OH excluding ortho intramolecular Hbond substituents is 1. The Balaban J connectivity index is 1.93. The van der Waals surface area contributed by atoms with Crippen LogP contribution >= 0.6 is 11.3 Å². The third-order valence-corrected chi connectivity index (χ3v) is 3.76. The normalized spacial score (nSPS) is 10.3. The van der Waals surface area contributed by atoms with Gasteiger partial charge in [-0.2, -0.15) is 0 Å². The fourth-order valence-electron chi connectivity index (χ4n) is 1.63. The Morgan fingerprint density at radius 1 is 1.35 bits per heavy atom. The van der Waals surface area contributed by atoms with E-state index >= 15 is 0 Å². The van der Waals surface area contributed by atoms with E-state index in [2.05, 4.69) is 10.1 Å². The van der Waals surface area contributed by atoms with Crippen LogP contribution in [0.4, 0.5) is 10.1 Å². The first-order chi connectivity index (χ1) is 9.58. The molecule has 0 aliphatic heterocycles. The van der Waals surface area contributed by atoms with Crippen LogP contribution in [0, 0.1) is 5.82 Å². The van der Waals surface area contributed by atoms with Crippen molar-refractivity contribution in [2.24, 2.45) is 0 Å². The lowest BCUT2D eigenvalue weighted by Crippen LogP contribution is -2.02. The molecule has 20 heavy (non-hydrogen) atoms. The van der Waals surface area contributed by atoms with E-state index in [0.717, 1.165) is 9.75 Å². The quantitative estimate of drug-likeness (QED) is 0.658. The highest BCUT2D eigenvalue weighted by Gasteiger charge is 2.07. The molecular weight excluding hydrogens is 281 g/mol. The molecule has 2 rings (SSSR count). The van der Waals surface area contributed by atoms with E-state index in [1.807, 2.05) is 12.1 Å². The third kappa shape index (κ3) is 3.71. The van der Waals surface area contributed by atoms with Gasteiger partial charge in [-0.05, 0) is 24.3 Å². The topological polar surface area (TPSA) is 58.6 Å². The van der Waals surface area contributed by atoms with Crippen LogP contribution in [0.25, 0.3) is 0 Å². The molecule has 106 valence electrons. The molecule has 2 N–H and O–H groups in total. The van der Waals surface area contributed by atoms with E-state index in [9.17, 15) is 9.18 Å². The third-order valence-electron chi connectivity index (χ3n) is 2.68. The van der Waals surface area contributed by atoms with E-state index in [4.69, 9.17) is 5.11 Å². The molecule has 0 fully saturated rings. The summed E-state index contributed by atoms with van der Waals surface area (Å²) in [5.74, 6) is -1.30. The second-order valence-electron chi connectivity index (χ2n) is 4.14. The summed E-state index contributed by atoms with van der Waals surface area (Å²) in [6.45, 7) is 0.524. The van der Waals surface area contributed by atoms with Crippen LogP contribution in [0.5, 0.6) is 5.75 Å². The number of nitrogens with one attached hydrogen (secondary N) is 1. The molecule has 0 bridgehead atoms. The van der Waals surface area contributed by atoms with Gasteiger partial charge in [-0.15, -0.1) is 11.3 Å². The molecule has 6 heteroatoms. The second-order valence-corrected chi connectivity index (χ2v) is 5.39. The molecule has 0 saturated heterocycles. The number of carbonyl (C=O) groups is 1. The summed E-state index contributed by atoms with van der Waals surface area (Å²) in [5.41, 5.74) is 0.586. The number of rotatable bonds is 5. The molecular formula is C14H14FNO3S. The number of phenols is 1. The molecule has 0 aliphatic rings. The minimum Gasteiger partial charge on any atom is -0.505 e. The number of esters is 1. The first-order valence-corrected chi connectivity index (χ1v) is 6.77. The van der Waals surface area contributed by atoms with Gasteiger partial charge in [0.1, 0.15) is 0 Å². The highest BCUT2D eigenvalue weighted by Crippen LogP contribution is 2.22. The van der Waals surface area contributed by atoms with Gasteiger partial charge < -0.3 is 15.2 Å². The zero-order valence-electron chi connectivity index (χ0n) is 10.9. The van der Waals surface area contributed by atoms with Crippen molar-refractivity contribution in [2.75, 3.05) is 12.4 Å². The zero-order valence-corrected chi connectivity index (χ0v) is 11.7. The number of carbonyl (C=O) groups excluding carboxylic acids is 1. The Morgan fingerprint density at radius 3 is 2.80 bits per heavy atom. The molecule has 0 unspecified atom stereocenters. The highest BCUT2D eigenvalue weighted by atomic mass is 32.1. The Bertz CT molecular complexity index is 612. The van der Waals surface area contributed by atoms with Crippen molar-refractivity contribution in [2.45, 2.75) is 13.0 Å². The molecule has 0 aliphatic carbocycles. The van der Waals surface area contributed by atoms with E-state index < -0.39 is 5.82 Å². The lowest BCUT2D eigenvalue weighted by molar-refractivity contribution is -0.139. The maximum absolute atomic E-state index is 13.2. The number of hydrogen-bond acceptors (Lipinski definition) is 5. The number of benzene rings is 1. The predicted octanol–water partition coefficient (Wildman–Crippen LogP) is 2.92. The van der Waals surface area contributed by atoms with Crippen molar-refractivity contribution in [3.63, 3.8) is 0 Å². The summed E-state index contributed by atoms with van der Waals surface area (Å²) in [7, 11) is 1.36. The summed E-state index contributed by atoms with van der Waals surface area (Å²) < 4.78 is 17.8. The molecule has 1 aromatic carbocycles. The van der Waals surface area contributed by atoms with Gasteiger partial charge in [0.15, 0.2) is 11.6 Å². The summed E-state index contributed by atoms with van der Waals surface area (Å²) in [6, 6.07) is 7.91. The van der Waals surface area contributed by atoms with Crippen molar-refractivity contribution < 1.29 is 19.0 Å². The van der Waals surface area contributed by atoms with E-state index in [-0.39, 0.29) is 18.1 Å². The molecule has 2 aromatic rings. The second kappa shape index (κ2) is 6.38. The van der Waals surface area contributed by atoms with Gasteiger partial charge in [-0.25, -0.2) is 4.39 Å². The summed E-state index contributed by atoms with van der Waals surface area (Å²) in [5, 5.41) is 12.1. The van der Waals surface area contributed by atoms with Crippen molar-refractivity contribution in [3.05, 3.63) is 45.9 Å². The molecule has 1 heterocycles. The zero-order chi connectivity index (χ0) is 14.5. The maximum atomic E-state index is 13.2. The lowest BCUT2D eigenvalue weighted by atomic mass is 10.3. The van der Waals surface area contributed by atoms with Gasteiger partial charge in [0.05, 0.1) is 13.5 Å². The number of methoxy groups -OCH3 is 1. The Hall–Kier alpha value is -2.08. The van der Waals surface area contributed by atoms with Crippen LogP contribution in [0.15, 0.2) is 30.3 Å². The largest absolute Gasteiger partial charge is 0.505 e. The molecule has 0 amide bonds. The van der Waals surface area contributed by atoms with Crippen molar-refractivity contribution >= 4 is 23.0 Å². The summed E-state index contributed by atoms with van der Waals surface area (Å²) in [4.78, 5) is 13.1. The summed E-state index contributed by atoms with van der Waals surface area (Å²) >= 11 is 1.50. The average Bonchev–Trinajstić information content (AvgIpc) is 2.87. The standard InChI is InChI=1S/C14H14FNO3S/c1-19-14(18)7-10-3-4-11(20-10)8-16-9-2-5-13(17)12(15)6-9/h2-6,16-17H,7-8H2,1H3. The van der Waals surface area contributed by atoms with Crippen LogP contribution in [0.2, 0.25) is 0 Å². The van der Waals surface area contributed by atoms with E-state index in [1.54, 1.807) is 6.07 Å². The van der Waals surface area contributed by atoms with Crippen molar-refractivity contribution in [3.8, 4) is 5.75 Å². The SMILES string of the molecule is COC(=O)Cc1ccc(CNc2ccc(O)c(F)c2)s1. The monoisotopic (exact) mass is 295 g/mol. The first-order valence-electron chi connectivity index (χ1n) is 5.95. The number of halogens is 1. The minimum atomic E-state index is -0.660. The fourth-order valence-corrected chi connectivity index (χ4v) is 2.58. The van der Waals surface area contributed by atoms with Gasteiger partial charge in [0.2, 0.25) is 0 Å². The molecule has 0 radical (unpaired) electrons. The number of aromatic hydroxyl groups is 1. The van der Waals surface area contributed by atoms with Gasteiger partial charge >= 0.3 is 5.97 Å². The number of ether oxygens (including phenoxy) is 1. The molecule has 0 spiro atoms. The van der Waals surface area contributed by atoms with E-state index in [1.165, 1.54) is 30.6 Å². The van der Waals surface area contributed by atoms with Crippen LogP contribution in [0.3, 0.4) is 0 Å². The van der Waals surface area contributed by atoms with Crippen molar-refractivity contribution in [1.29, 1.82) is 0 Å². The Kier molecular flexibility index (Phi) is 4.57. The van der Waals surface area contributed by atoms with E-state index in [0.29, 0.717) is 12.2 Å². The highest BCUT2D eigenvalue weighted by molar-refractivity contribution is 7.12. The van der Waals surface area contributed by atoms with Gasteiger partial charge in [0, 0.05) is 28.1 Å². The van der Waals surface area contributed by atoms with Gasteiger partial charge in [-0.3, -0.25) is 4.79 Å². The number of hydrogen-bond donors (Lipinski definition) is 2. The number of anilines is 1. The fraction of sp³-hybridized carbons (Fsp3) is 0.214. The lowest BCUT2D eigenvalue weighted by Gasteiger charge is -2.05. The van der Waals surface area contributed by atoms with Crippen molar-refractivity contribution in [1.82, 2.24) is 0 Å². The first kappa shape index (κ1) is 14.3. The average molecular weight is 295 g/mol. The maximum Gasteiger partial charge on any atom is 0.310 e. The van der Waals surface area contributed by atoms with Crippen LogP contribution in [0.1, 0.15) is 9.75 Å². The molecule has 1 aromatic heterocycles. The predicted molar refractivity (Wildman–Crippen MR) is 75.4 cm³/mol. The molecule has 0 saturated carbocycles. The van der Waals surface area contributed by atoms with Gasteiger partial charge in [-0.1, -0.05) is 0 Å². The minimum absolute atomic E-state index is 0.259. The smallest absolute Gasteiger partial charge is 0.310 e.